The van der Waals surface area contributed by atoms with E-state index in [1.807, 2.05) is 11.7 Å². The first-order valence-electron chi connectivity index (χ1n) is 7.44. The van der Waals surface area contributed by atoms with E-state index in [0.29, 0.717) is 12.0 Å². The predicted molar refractivity (Wildman–Crippen MR) is 80.7 cm³/mol. The maximum atomic E-state index is 6.47. The number of nitrogens with one attached hydrogen (secondary N) is 1. The Morgan fingerprint density at radius 1 is 1.42 bits per heavy atom. The average molecular weight is 284 g/mol. The van der Waals surface area contributed by atoms with Gasteiger partial charge in [0.05, 0.1) is 16.4 Å². The van der Waals surface area contributed by atoms with Gasteiger partial charge in [0.25, 0.3) is 0 Å². The molecule has 0 amide bonds. The molecule has 1 N–H and O–H groups in total. The molecule has 19 heavy (non-hydrogen) atoms. The Kier molecular flexibility index (Phi) is 4.91. The third-order valence-corrected chi connectivity index (χ3v) is 5.01. The van der Waals surface area contributed by atoms with E-state index in [9.17, 15) is 0 Å². The molecule has 4 heteroatoms. The molecule has 3 nitrogen and oxygen atoms in total. The second-order valence-electron chi connectivity index (χ2n) is 5.96. The van der Waals surface area contributed by atoms with Crippen LogP contribution < -0.4 is 5.32 Å². The van der Waals surface area contributed by atoms with Crippen LogP contribution in [-0.2, 0) is 19.9 Å². The van der Waals surface area contributed by atoms with Gasteiger partial charge in [0.15, 0.2) is 0 Å². The molecule has 0 saturated heterocycles. The second-order valence-corrected chi connectivity index (χ2v) is 6.34. The fourth-order valence-corrected chi connectivity index (χ4v) is 3.77. The first kappa shape index (κ1) is 14.9. The van der Waals surface area contributed by atoms with Gasteiger partial charge in [-0.25, -0.2) is 0 Å². The molecule has 0 spiro atoms. The van der Waals surface area contributed by atoms with Crippen molar-refractivity contribution in [2.45, 2.75) is 52.0 Å². The highest BCUT2D eigenvalue weighted by Gasteiger charge is 2.29. The smallest absolute Gasteiger partial charge is 0.0849 e. The van der Waals surface area contributed by atoms with E-state index in [1.54, 1.807) is 0 Å². The predicted octanol–water partition coefficient (Wildman–Crippen LogP) is 3.20. The molecule has 3 unspecified atom stereocenters. The minimum absolute atomic E-state index is 0.618. The molecule has 1 fully saturated rings. The van der Waals surface area contributed by atoms with Gasteiger partial charge in [0.1, 0.15) is 0 Å². The molecule has 0 aliphatic heterocycles. The Balaban J connectivity index is 2.16. The van der Waals surface area contributed by atoms with Crippen LogP contribution in [0.15, 0.2) is 0 Å². The lowest BCUT2D eigenvalue weighted by Gasteiger charge is -2.34. The SMILES string of the molecule is CCc1nn(C)c(CC2CC(C)CCC2NC)c1Cl. The van der Waals surface area contributed by atoms with Crippen molar-refractivity contribution in [3.8, 4) is 0 Å². The Labute approximate surface area is 121 Å². The summed E-state index contributed by atoms with van der Waals surface area (Å²) in [6.45, 7) is 4.47. The van der Waals surface area contributed by atoms with Gasteiger partial charge < -0.3 is 5.32 Å². The average Bonchev–Trinajstić information content (AvgIpc) is 2.66. The molecule has 0 radical (unpaired) electrons. The van der Waals surface area contributed by atoms with E-state index in [-0.39, 0.29) is 0 Å². The normalized spacial score (nSPS) is 27.7. The van der Waals surface area contributed by atoms with Gasteiger partial charge in [-0.1, -0.05) is 25.4 Å². The molecular weight excluding hydrogens is 258 g/mol. The quantitative estimate of drug-likeness (QED) is 0.920. The zero-order chi connectivity index (χ0) is 14.0. The number of aryl methyl sites for hydroxylation is 2. The summed E-state index contributed by atoms with van der Waals surface area (Å²) in [6, 6.07) is 0.618. The van der Waals surface area contributed by atoms with E-state index in [0.717, 1.165) is 29.5 Å². The number of hydrogen-bond donors (Lipinski definition) is 1. The highest BCUT2D eigenvalue weighted by Crippen LogP contribution is 2.33. The van der Waals surface area contributed by atoms with E-state index < -0.39 is 0 Å². The zero-order valence-corrected chi connectivity index (χ0v) is 13.3. The van der Waals surface area contributed by atoms with Gasteiger partial charge >= 0.3 is 0 Å². The Morgan fingerprint density at radius 3 is 2.74 bits per heavy atom. The second kappa shape index (κ2) is 6.27. The number of hydrogen-bond acceptors (Lipinski definition) is 2. The summed E-state index contributed by atoms with van der Waals surface area (Å²) in [5.41, 5.74) is 2.24. The first-order valence-corrected chi connectivity index (χ1v) is 7.82. The van der Waals surface area contributed by atoms with Crippen molar-refractivity contribution < 1.29 is 0 Å². The summed E-state index contributed by atoms with van der Waals surface area (Å²) >= 11 is 6.47. The molecule has 0 aromatic carbocycles. The topological polar surface area (TPSA) is 29.9 Å². The first-order chi connectivity index (χ1) is 9.06. The van der Waals surface area contributed by atoms with Crippen LogP contribution in [0.25, 0.3) is 0 Å². The van der Waals surface area contributed by atoms with Crippen molar-refractivity contribution in [3.63, 3.8) is 0 Å². The fourth-order valence-electron chi connectivity index (χ4n) is 3.39. The van der Waals surface area contributed by atoms with Crippen LogP contribution in [0.4, 0.5) is 0 Å². The van der Waals surface area contributed by atoms with Gasteiger partial charge in [-0.05, 0) is 51.0 Å². The lowest BCUT2D eigenvalue weighted by Crippen LogP contribution is -2.39. The van der Waals surface area contributed by atoms with Crippen LogP contribution in [0.5, 0.6) is 0 Å². The van der Waals surface area contributed by atoms with E-state index in [1.165, 1.54) is 25.0 Å². The molecule has 1 saturated carbocycles. The minimum Gasteiger partial charge on any atom is -0.317 e. The molecule has 1 heterocycles. The van der Waals surface area contributed by atoms with Crippen molar-refractivity contribution in [1.29, 1.82) is 0 Å². The highest BCUT2D eigenvalue weighted by molar-refractivity contribution is 6.31. The van der Waals surface area contributed by atoms with E-state index in [2.05, 4.69) is 31.3 Å². The van der Waals surface area contributed by atoms with Gasteiger partial charge in [-0.15, -0.1) is 0 Å². The number of aromatic nitrogens is 2. The maximum absolute atomic E-state index is 6.47. The van der Waals surface area contributed by atoms with Crippen LogP contribution in [0.2, 0.25) is 5.02 Å². The van der Waals surface area contributed by atoms with Gasteiger partial charge in [0, 0.05) is 13.1 Å². The minimum atomic E-state index is 0.618. The molecule has 1 aliphatic rings. The van der Waals surface area contributed by atoms with E-state index in [4.69, 9.17) is 11.6 Å². The lowest BCUT2D eigenvalue weighted by molar-refractivity contribution is 0.217. The van der Waals surface area contributed by atoms with Crippen molar-refractivity contribution in [2.75, 3.05) is 7.05 Å². The Morgan fingerprint density at radius 2 is 2.16 bits per heavy atom. The van der Waals surface area contributed by atoms with Gasteiger partial charge in [-0.3, -0.25) is 4.68 Å². The summed E-state index contributed by atoms with van der Waals surface area (Å²) in [5.74, 6) is 1.50. The van der Waals surface area contributed by atoms with Crippen LogP contribution in [-0.4, -0.2) is 22.9 Å². The third-order valence-electron chi connectivity index (χ3n) is 4.57. The zero-order valence-electron chi connectivity index (χ0n) is 12.5. The Hall–Kier alpha value is -0.540. The molecule has 3 atom stereocenters. The summed E-state index contributed by atoms with van der Waals surface area (Å²) in [7, 11) is 4.09. The van der Waals surface area contributed by atoms with Crippen LogP contribution in [0, 0.1) is 11.8 Å². The summed E-state index contributed by atoms with van der Waals surface area (Å²) in [4.78, 5) is 0. The van der Waals surface area contributed by atoms with Crippen LogP contribution in [0.3, 0.4) is 0 Å². The molecule has 108 valence electrons. The molecular formula is C15H26ClN3. The summed E-state index contributed by atoms with van der Waals surface area (Å²) < 4.78 is 1.98. The summed E-state index contributed by atoms with van der Waals surface area (Å²) in [6.07, 6.45) is 5.84. The number of nitrogens with zero attached hydrogens (tertiary/aromatic N) is 2. The van der Waals surface area contributed by atoms with Crippen LogP contribution >= 0.6 is 11.6 Å². The highest BCUT2D eigenvalue weighted by atomic mass is 35.5. The molecule has 2 rings (SSSR count). The Bertz CT molecular complexity index is 427. The molecule has 1 aliphatic carbocycles. The summed E-state index contributed by atoms with van der Waals surface area (Å²) in [5, 5.41) is 8.90. The number of rotatable bonds is 4. The molecule has 0 bridgehead atoms. The molecule has 1 aromatic rings. The van der Waals surface area contributed by atoms with E-state index >= 15 is 0 Å². The molecule has 1 aromatic heterocycles. The van der Waals surface area contributed by atoms with Crippen molar-refractivity contribution in [3.05, 3.63) is 16.4 Å². The van der Waals surface area contributed by atoms with Crippen molar-refractivity contribution >= 4 is 11.6 Å². The standard InChI is InChI=1S/C15H26ClN3/c1-5-12-15(16)14(19(4)18-12)9-11-8-10(2)6-7-13(11)17-3/h10-11,13,17H,5-9H2,1-4H3. The van der Waals surface area contributed by atoms with Gasteiger partial charge in [-0.2, -0.15) is 5.10 Å². The van der Waals surface area contributed by atoms with Crippen molar-refractivity contribution in [2.24, 2.45) is 18.9 Å². The monoisotopic (exact) mass is 283 g/mol. The van der Waals surface area contributed by atoms with Crippen LogP contribution in [0.1, 0.15) is 44.5 Å². The maximum Gasteiger partial charge on any atom is 0.0849 e. The van der Waals surface area contributed by atoms with Crippen molar-refractivity contribution in [1.82, 2.24) is 15.1 Å². The lowest BCUT2D eigenvalue weighted by atomic mass is 9.76. The third kappa shape index (κ3) is 3.14. The largest absolute Gasteiger partial charge is 0.317 e. The van der Waals surface area contributed by atoms with Gasteiger partial charge in [0.2, 0.25) is 0 Å². The fraction of sp³-hybridized carbons (Fsp3) is 0.800. The number of halogens is 1.